The van der Waals surface area contributed by atoms with Crippen LogP contribution in [0.3, 0.4) is 0 Å². The Bertz CT molecular complexity index is 1360. The van der Waals surface area contributed by atoms with Crippen molar-refractivity contribution >= 4 is 51.8 Å². The first-order valence-corrected chi connectivity index (χ1v) is 21.2. The molecule has 0 aliphatic rings. The van der Waals surface area contributed by atoms with E-state index in [2.05, 4.69) is 53.5 Å². The molecule has 238 valence electrons. The van der Waals surface area contributed by atoms with Crippen LogP contribution in [0.25, 0.3) is 17.0 Å². The standard InChI is InChI=1S/C32H50N2O7Si2/c1-31(2,3)41-30(38)34-27(14-13-25(29(36)37)20-33(22-35)23-39-16-17-42(7,8)9)19-26-18-24(12-15-28(26)34)21-40-43(10,11)32(4,5)6/h12-15,18-20,22H,16-17,21,23H2,1-11H3,(H,36,37)/b14-13+,25-20+. The first-order valence-electron chi connectivity index (χ1n) is 14.6. The maximum atomic E-state index is 13.3. The van der Waals surface area contributed by atoms with Gasteiger partial charge in [-0.25, -0.2) is 14.2 Å². The van der Waals surface area contributed by atoms with Crippen LogP contribution in [0.1, 0.15) is 52.8 Å². The number of hydrogen-bond acceptors (Lipinski definition) is 6. The SMILES string of the molecule is CC(C)(C)OC(=O)n1c(/C=C/C(=C\N(C=O)COCC[Si](C)(C)C)C(=O)O)cc2cc(CO[Si](C)(C)C(C)(C)C)ccc21. The second-order valence-corrected chi connectivity index (χ2v) is 24.9. The number of fused-ring (bicyclic) bond motifs is 1. The van der Waals surface area contributed by atoms with Gasteiger partial charge in [-0.2, -0.15) is 0 Å². The van der Waals surface area contributed by atoms with Crippen LogP contribution >= 0.6 is 0 Å². The summed E-state index contributed by atoms with van der Waals surface area (Å²) in [6.45, 7) is 23.9. The molecule has 1 heterocycles. The molecule has 0 saturated heterocycles. The number of aliphatic carboxylic acids is 1. The zero-order chi connectivity index (χ0) is 32.8. The van der Waals surface area contributed by atoms with Crippen molar-refractivity contribution in [1.29, 1.82) is 0 Å². The molecule has 0 spiro atoms. The Morgan fingerprint density at radius 3 is 2.21 bits per heavy atom. The number of aromatic nitrogens is 1. The quantitative estimate of drug-likeness (QED) is 0.0603. The number of carbonyl (C=O) groups is 3. The van der Waals surface area contributed by atoms with E-state index in [1.807, 2.05) is 24.3 Å². The Kier molecular flexibility index (Phi) is 11.9. The van der Waals surface area contributed by atoms with Gasteiger partial charge in [0.15, 0.2) is 8.32 Å². The number of benzene rings is 1. The van der Waals surface area contributed by atoms with Gasteiger partial charge in [-0.1, -0.05) is 46.5 Å². The largest absolute Gasteiger partial charge is 0.478 e. The summed E-state index contributed by atoms with van der Waals surface area (Å²) in [5, 5.41) is 10.7. The smallest absolute Gasteiger partial charge is 0.419 e. The predicted octanol–water partition coefficient (Wildman–Crippen LogP) is 7.70. The van der Waals surface area contributed by atoms with Gasteiger partial charge in [0.2, 0.25) is 6.41 Å². The number of ether oxygens (including phenoxy) is 2. The van der Waals surface area contributed by atoms with Gasteiger partial charge in [-0.15, -0.1) is 0 Å². The van der Waals surface area contributed by atoms with Crippen molar-refractivity contribution in [2.45, 2.75) is 97.6 Å². The molecular weight excluding hydrogens is 581 g/mol. The number of hydrogen-bond donors (Lipinski definition) is 1. The van der Waals surface area contributed by atoms with E-state index < -0.39 is 34.1 Å². The summed E-state index contributed by atoms with van der Waals surface area (Å²) < 4.78 is 19.1. The summed E-state index contributed by atoms with van der Waals surface area (Å²) in [7, 11) is -3.27. The van der Waals surface area contributed by atoms with Gasteiger partial charge in [-0.05, 0) is 80.9 Å². The van der Waals surface area contributed by atoms with Crippen molar-refractivity contribution in [2.24, 2.45) is 0 Å². The molecule has 2 rings (SSSR count). The molecule has 11 heteroatoms. The molecule has 1 aromatic heterocycles. The van der Waals surface area contributed by atoms with Crippen molar-refractivity contribution in [3.8, 4) is 0 Å². The van der Waals surface area contributed by atoms with E-state index in [4.69, 9.17) is 13.9 Å². The fourth-order valence-corrected chi connectivity index (χ4v) is 5.38. The van der Waals surface area contributed by atoms with E-state index in [-0.39, 0.29) is 17.3 Å². The van der Waals surface area contributed by atoms with Gasteiger partial charge in [0.1, 0.15) is 12.3 Å². The van der Waals surface area contributed by atoms with Gasteiger partial charge in [0.25, 0.3) is 0 Å². The highest BCUT2D eigenvalue weighted by Crippen LogP contribution is 2.37. The van der Waals surface area contributed by atoms with Crippen LogP contribution in [0.15, 0.2) is 42.1 Å². The maximum absolute atomic E-state index is 13.3. The van der Waals surface area contributed by atoms with Crippen molar-refractivity contribution in [2.75, 3.05) is 13.3 Å². The lowest BCUT2D eigenvalue weighted by atomic mass is 10.1. The maximum Gasteiger partial charge on any atom is 0.419 e. The molecular formula is C32H50N2O7Si2. The number of carbonyl (C=O) groups excluding carboxylic acids is 2. The van der Waals surface area contributed by atoms with E-state index in [1.165, 1.54) is 22.9 Å². The molecule has 0 aliphatic heterocycles. The third-order valence-corrected chi connectivity index (χ3v) is 13.4. The summed E-state index contributed by atoms with van der Waals surface area (Å²) in [4.78, 5) is 38.2. The molecule has 1 amide bonds. The lowest BCUT2D eigenvalue weighted by Crippen LogP contribution is -2.40. The molecule has 0 fully saturated rings. The number of amides is 1. The first-order chi connectivity index (χ1) is 19.6. The van der Waals surface area contributed by atoms with E-state index in [0.717, 1.165) is 21.9 Å². The van der Waals surface area contributed by atoms with Crippen LogP contribution < -0.4 is 0 Å². The second-order valence-electron chi connectivity index (χ2n) is 14.5. The van der Waals surface area contributed by atoms with Crippen molar-refractivity contribution in [1.82, 2.24) is 9.47 Å². The third kappa shape index (κ3) is 11.2. The highest BCUT2D eigenvalue weighted by molar-refractivity contribution is 6.76. The van der Waals surface area contributed by atoms with Gasteiger partial charge < -0.3 is 19.0 Å². The van der Waals surface area contributed by atoms with Crippen LogP contribution in [0.2, 0.25) is 43.8 Å². The fraction of sp³-hybridized carbons (Fsp3) is 0.531. The Balaban J connectivity index is 2.45. The minimum atomic E-state index is -1.97. The lowest BCUT2D eigenvalue weighted by Gasteiger charge is -2.36. The normalized spacial score (nSPS) is 13.5. The second kappa shape index (κ2) is 14.2. The van der Waals surface area contributed by atoms with E-state index >= 15 is 0 Å². The minimum Gasteiger partial charge on any atom is -0.478 e. The first kappa shape index (κ1) is 36.2. The molecule has 2 aromatic rings. The Morgan fingerprint density at radius 1 is 1.02 bits per heavy atom. The minimum absolute atomic E-state index is 0.0590. The number of nitrogens with zero attached hydrogens (tertiary/aromatic N) is 2. The Hall–Kier alpha value is -3.00. The zero-order valence-electron chi connectivity index (χ0n) is 27.7. The zero-order valence-corrected chi connectivity index (χ0v) is 29.7. The molecule has 0 saturated carbocycles. The lowest BCUT2D eigenvalue weighted by molar-refractivity contribution is -0.132. The number of rotatable bonds is 13. The molecule has 0 unspecified atom stereocenters. The average molecular weight is 631 g/mol. The van der Waals surface area contributed by atoms with Crippen molar-refractivity contribution in [3.63, 3.8) is 0 Å². The Labute approximate surface area is 258 Å². The molecule has 1 N–H and O–H groups in total. The summed E-state index contributed by atoms with van der Waals surface area (Å²) in [5.74, 6) is -1.23. The highest BCUT2D eigenvalue weighted by Gasteiger charge is 2.37. The van der Waals surface area contributed by atoms with Crippen molar-refractivity contribution in [3.05, 3.63) is 53.4 Å². The molecule has 0 aliphatic carbocycles. The van der Waals surface area contributed by atoms with Gasteiger partial charge in [-0.3, -0.25) is 9.69 Å². The van der Waals surface area contributed by atoms with Crippen LogP contribution in [0.4, 0.5) is 4.79 Å². The summed E-state index contributed by atoms with van der Waals surface area (Å²) in [6.07, 6.45) is 4.05. The number of carboxylic acids is 1. The van der Waals surface area contributed by atoms with Crippen LogP contribution in [-0.4, -0.2) is 68.4 Å². The van der Waals surface area contributed by atoms with Crippen LogP contribution in [0.5, 0.6) is 0 Å². The molecule has 0 bridgehead atoms. The van der Waals surface area contributed by atoms with Crippen molar-refractivity contribution < 1.29 is 33.4 Å². The van der Waals surface area contributed by atoms with E-state index in [1.54, 1.807) is 20.8 Å². The molecule has 9 nitrogen and oxygen atoms in total. The van der Waals surface area contributed by atoms with E-state index in [0.29, 0.717) is 30.8 Å². The molecule has 0 atom stereocenters. The highest BCUT2D eigenvalue weighted by atomic mass is 28.4. The molecule has 43 heavy (non-hydrogen) atoms. The number of carboxylic acid groups (broad SMARTS) is 1. The van der Waals surface area contributed by atoms with Crippen LogP contribution in [-0.2, 0) is 30.1 Å². The summed E-state index contributed by atoms with van der Waals surface area (Å²) in [6, 6.07) is 8.48. The summed E-state index contributed by atoms with van der Waals surface area (Å²) in [5.41, 5.74) is 1.14. The Morgan fingerprint density at radius 2 is 1.67 bits per heavy atom. The molecule has 1 aromatic carbocycles. The van der Waals surface area contributed by atoms with Gasteiger partial charge in [0, 0.05) is 26.3 Å². The topological polar surface area (TPSA) is 107 Å². The fourth-order valence-electron chi connectivity index (χ4n) is 3.66. The van der Waals surface area contributed by atoms with Crippen LogP contribution in [0, 0.1) is 0 Å². The molecule has 0 radical (unpaired) electrons. The van der Waals surface area contributed by atoms with Gasteiger partial charge >= 0.3 is 12.1 Å². The van der Waals surface area contributed by atoms with Gasteiger partial charge in [0.05, 0.1) is 23.4 Å². The van der Waals surface area contributed by atoms with E-state index in [9.17, 15) is 19.5 Å². The summed E-state index contributed by atoms with van der Waals surface area (Å²) >= 11 is 0. The predicted molar refractivity (Wildman–Crippen MR) is 177 cm³/mol. The third-order valence-electron chi connectivity index (χ3n) is 7.23. The monoisotopic (exact) mass is 630 g/mol. The average Bonchev–Trinajstić information content (AvgIpc) is 3.21.